The zero-order valence-corrected chi connectivity index (χ0v) is 18.1. The number of fused-ring (bicyclic) bond motifs is 1. The van der Waals surface area contributed by atoms with Gasteiger partial charge in [-0.3, -0.25) is 9.59 Å². The van der Waals surface area contributed by atoms with E-state index in [4.69, 9.17) is 5.11 Å². The summed E-state index contributed by atoms with van der Waals surface area (Å²) < 4.78 is 1.65. The third-order valence-corrected chi connectivity index (χ3v) is 5.15. The number of aromatic nitrogens is 1. The second-order valence-corrected chi connectivity index (χ2v) is 7.61. The minimum absolute atomic E-state index is 0.0432. The molecule has 34 heavy (non-hydrogen) atoms. The summed E-state index contributed by atoms with van der Waals surface area (Å²) in [4.78, 5) is 35.6. The zero-order valence-electron chi connectivity index (χ0n) is 18.1. The number of carboxylic acid groups (broad SMARTS) is 1. The third-order valence-electron chi connectivity index (χ3n) is 5.15. The van der Waals surface area contributed by atoms with Crippen LogP contribution in [0.4, 0.5) is 11.4 Å². The van der Waals surface area contributed by atoms with Crippen molar-refractivity contribution in [3.63, 3.8) is 0 Å². The van der Waals surface area contributed by atoms with Crippen LogP contribution in [-0.4, -0.2) is 32.6 Å². The zero-order chi connectivity index (χ0) is 24.2. The van der Waals surface area contributed by atoms with Crippen LogP contribution >= 0.6 is 0 Å². The highest BCUT2D eigenvalue weighted by Gasteiger charge is 2.19. The second-order valence-electron chi connectivity index (χ2n) is 7.61. The van der Waals surface area contributed by atoms with Crippen LogP contribution in [0.3, 0.4) is 0 Å². The number of nitrogens with zero attached hydrogens (tertiary/aromatic N) is 3. The van der Waals surface area contributed by atoms with E-state index in [0.717, 1.165) is 11.1 Å². The van der Waals surface area contributed by atoms with E-state index in [1.165, 1.54) is 24.3 Å². The van der Waals surface area contributed by atoms with Gasteiger partial charge in [0, 0.05) is 11.1 Å². The average molecular weight is 456 g/mol. The number of hydrogen-bond donors (Lipinski definition) is 3. The van der Waals surface area contributed by atoms with Crippen LogP contribution < -0.4 is 5.32 Å². The van der Waals surface area contributed by atoms with Gasteiger partial charge in [0.05, 0.1) is 17.6 Å². The summed E-state index contributed by atoms with van der Waals surface area (Å²) in [5.74, 6) is -3.64. The maximum Gasteiger partial charge on any atom is 0.353 e. The Morgan fingerprint density at radius 3 is 2.47 bits per heavy atom. The fourth-order valence-electron chi connectivity index (χ4n) is 3.52. The van der Waals surface area contributed by atoms with E-state index in [0.29, 0.717) is 17.4 Å². The Morgan fingerprint density at radius 1 is 0.971 bits per heavy atom. The molecule has 0 bridgehead atoms. The molecule has 9 nitrogen and oxygen atoms in total. The van der Waals surface area contributed by atoms with Crippen molar-refractivity contribution in [1.82, 2.24) is 4.57 Å². The van der Waals surface area contributed by atoms with E-state index in [2.05, 4.69) is 15.5 Å². The summed E-state index contributed by atoms with van der Waals surface area (Å²) in [6.45, 7) is 2.26. The quantitative estimate of drug-likeness (QED) is 0.297. The molecule has 0 aliphatic rings. The van der Waals surface area contributed by atoms with Gasteiger partial charge in [-0.2, -0.15) is 0 Å². The van der Waals surface area contributed by atoms with Crippen LogP contribution in [0.15, 0.2) is 83.0 Å². The van der Waals surface area contributed by atoms with Gasteiger partial charge in [0.15, 0.2) is 5.69 Å². The van der Waals surface area contributed by atoms with Gasteiger partial charge in [0.25, 0.3) is 0 Å². The first-order valence-corrected chi connectivity index (χ1v) is 10.3. The molecule has 2 amide bonds. The number of amides is 2. The number of carbonyl (C=O) groups excluding carboxylic acids is 2. The highest BCUT2D eigenvalue weighted by atomic mass is 16.4. The van der Waals surface area contributed by atoms with Crippen LogP contribution in [0.25, 0.3) is 10.9 Å². The third kappa shape index (κ3) is 4.68. The summed E-state index contributed by atoms with van der Waals surface area (Å²) in [7, 11) is 0. The van der Waals surface area contributed by atoms with Crippen LogP contribution in [-0.2, 0) is 16.1 Å². The smallest absolute Gasteiger partial charge is 0.353 e. The molecule has 0 saturated carbocycles. The largest absolute Gasteiger partial charge is 0.493 e. The normalized spacial score (nSPS) is 11.1. The van der Waals surface area contributed by atoms with E-state index < -0.39 is 17.8 Å². The molecule has 0 saturated heterocycles. The topological polar surface area (TPSA) is 133 Å². The molecule has 1 heterocycles. The van der Waals surface area contributed by atoms with Crippen LogP contribution in [0.5, 0.6) is 5.88 Å². The van der Waals surface area contributed by atoms with E-state index in [1.807, 2.05) is 55.5 Å². The lowest BCUT2D eigenvalue weighted by atomic mass is 10.1. The van der Waals surface area contributed by atoms with Crippen molar-refractivity contribution >= 4 is 40.1 Å². The second kappa shape index (κ2) is 9.37. The number of nitrogens with one attached hydrogen (secondary N) is 1. The highest BCUT2D eigenvalue weighted by Crippen LogP contribution is 2.39. The summed E-state index contributed by atoms with van der Waals surface area (Å²) in [5, 5.41) is 30.2. The fourth-order valence-corrected chi connectivity index (χ4v) is 3.52. The van der Waals surface area contributed by atoms with Crippen molar-refractivity contribution in [2.24, 2.45) is 10.2 Å². The van der Waals surface area contributed by atoms with Gasteiger partial charge in [-0.25, -0.2) is 4.79 Å². The first kappa shape index (κ1) is 22.4. The number of rotatable bonds is 5. The summed E-state index contributed by atoms with van der Waals surface area (Å²) in [6.07, 6.45) is 0. The minimum atomic E-state index is -1.20. The molecule has 170 valence electrons. The Labute approximate surface area is 194 Å². The number of hydrogen-bond acceptors (Lipinski definition) is 5. The maximum absolute atomic E-state index is 12.3. The van der Waals surface area contributed by atoms with Gasteiger partial charge in [0.2, 0.25) is 5.88 Å². The Bertz CT molecular complexity index is 1440. The van der Waals surface area contributed by atoms with Crippen molar-refractivity contribution < 1.29 is 24.6 Å². The Kier molecular flexibility index (Phi) is 6.18. The van der Waals surface area contributed by atoms with Crippen molar-refractivity contribution in [1.29, 1.82) is 0 Å². The van der Waals surface area contributed by atoms with Crippen LogP contribution in [0.1, 0.15) is 21.5 Å². The fraction of sp³-hybridized carbons (Fsp3) is 0.0800. The number of aromatic carboxylic acids is 1. The maximum atomic E-state index is 12.3. The lowest BCUT2D eigenvalue weighted by molar-refractivity contribution is -0.134. The predicted molar refractivity (Wildman–Crippen MR) is 125 cm³/mol. The SMILES string of the molecule is Cc1ccc2c(c1)c(N=NC(=O)C(=O)Nc1cccc(C(=O)O)c1)c(O)n2Cc1ccccc1. The average Bonchev–Trinajstić information content (AvgIpc) is 3.08. The Hall–Kier alpha value is -4.79. The highest BCUT2D eigenvalue weighted by molar-refractivity contribution is 6.40. The standard InChI is InChI=1S/C25H20N4O5/c1-15-10-11-20-19(12-15)21(24(32)29(20)14-16-6-3-2-4-7-16)27-28-23(31)22(30)26-18-9-5-8-17(13-18)25(33)34/h2-13,32H,14H2,1H3,(H,26,30)(H,33,34). The van der Waals surface area contributed by atoms with Gasteiger partial charge >= 0.3 is 17.8 Å². The van der Waals surface area contributed by atoms with Crippen molar-refractivity contribution in [2.75, 3.05) is 5.32 Å². The number of anilines is 1. The monoisotopic (exact) mass is 456 g/mol. The molecule has 0 aliphatic carbocycles. The van der Waals surface area contributed by atoms with Gasteiger partial charge < -0.3 is 20.1 Å². The number of azo groups is 1. The Morgan fingerprint density at radius 2 is 1.74 bits per heavy atom. The molecule has 4 rings (SSSR count). The lowest BCUT2D eigenvalue weighted by Crippen LogP contribution is -2.20. The first-order chi connectivity index (χ1) is 16.3. The molecular weight excluding hydrogens is 436 g/mol. The Balaban J connectivity index is 1.61. The molecule has 0 unspecified atom stereocenters. The predicted octanol–water partition coefficient (Wildman–Crippen LogP) is 4.65. The number of carbonyl (C=O) groups is 3. The molecule has 0 radical (unpaired) electrons. The molecule has 4 aromatic rings. The number of aryl methyl sites for hydroxylation is 1. The number of carboxylic acids is 1. The van der Waals surface area contributed by atoms with Crippen LogP contribution in [0, 0.1) is 6.92 Å². The molecule has 3 N–H and O–H groups in total. The molecule has 0 fully saturated rings. The van der Waals surface area contributed by atoms with Gasteiger partial charge in [-0.05, 0) is 42.8 Å². The van der Waals surface area contributed by atoms with Crippen LogP contribution in [0.2, 0.25) is 0 Å². The first-order valence-electron chi connectivity index (χ1n) is 10.3. The van der Waals surface area contributed by atoms with Crippen molar-refractivity contribution in [3.05, 3.63) is 89.5 Å². The minimum Gasteiger partial charge on any atom is -0.493 e. The van der Waals surface area contributed by atoms with E-state index in [1.54, 1.807) is 4.57 Å². The van der Waals surface area contributed by atoms with Crippen molar-refractivity contribution in [2.45, 2.75) is 13.5 Å². The molecule has 0 spiro atoms. The molecule has 0 atom stereocenters. The van der Waals surface area contributed by atoms with E-state index in [9.17, 15) is 19.5 Å². The van der Waals surface area contributed by atoms with Gasteiger partial charge in [-0.15, -0.1) is 10.2 Å². The van der Waals surface area contributed by atoms with Crippen molar-refractivity contribution in [3.8, 4) is 5.88 Å². The molecule has 0 aliphatic heterocycles. The molecule has 3 aromatic carbocycles. The summed E-state index contributed by atoms with van der Waals surface area (Å²) >= 11 is 0. The molecule has 1 aromatic heterocycles. The molecular formula is C25H20N4O5. The molecule has 9 heteroatoms. The lowest BCUT2D eigenvalue weighted by Gasteiger charge is -2.07. The van der Waals surface area contributed by atoms with E-state index in [-0.39, 0.29) is 22.8 Å². The van der Waals surface area contributed by atoms with E-state index >= 15 is 0 Å². The number of aromatic hydroxyl groups is 1. The number of benzene rings is 3. The van der Waals surface area contributed by atoms with Gasteiger partial charge in [0.1, 0.15) is 0 Å². The summed E-state index contributed by atoms with van der Waals surface area (Å²) in [6, 6.07) is 20.5. The summed E-state index contributed by atoms with van der Waals surface area (Å²) in [5.41, 5.74) is 2.73. The van der Waals surface area contributed by atoms with Gasteiger partial charge in [-0.1, -0.05) is 48.0 Å².